The third kappa shape index (κ3) is 5.73. The van der Waals surface area contributed by atoms with E-state index >= 15 is 0 Å². The van der Waals surface area contributed by atoms with Crippen molar-refractivity contribution in [3.8, 4) is 0 Å². The number of hydrogen-bond donors (Lipinski definition) is 2. The van der Waals surface area contributed by atoms with Gasteiger partial charge in [0.05, 0.1) is 23.4 Å². The maximum atomic E-state index is 10.9. The Bertz CT molecular complexity index is 1170. The molecule has 6 nitrogen and oxygen atoms in total. The third-order valence-corrected chi connectivity index (χ3v) is 16.0. The molecule has 46 heavy (non-hydrogen) atoms. The quantitative estimate of drug-likeness (QED) is 0.202. The van der Waals surface area contributed by atoms with Crippen molar-refractivity contribution in [1.82, 2.24) is 0 Å². The van der Waals surface area contributed by atoms with E-state index in [0.717, 1.165) is 36.8 Å². The van der Waals surface area contributed by atoms with Gasteiger partial charge in [0.2, 0.25) is 0 Å². The predicted molar refractivity (Wildman–Crippen MR) is 182 cm³/mol. The van der Waals surface area contributed by atoms with Crippen LogP contribution in [0.25, 0.3) is 0 Å². The van der Waals surface area contributed by atoms with Gasteiger partial charge in [-0.05, 0) is 139 Å². The zero-order chi connectivity index (χ0) is 34.1. The second-order valence-electron chi connectivity index (χ2n) is 18.1. The number of carbonyl (C=O) groups is 2. The second-order valence-corrected chi connectivity index (χ2v) is 18.1. The van der Waals surface area contributed by atoms with Gasteiger partial charge in [0, 0.05) is 23.0 Å². The van der Waals surface area contributed by atoms with Gasteiger partial charge in [0.15, 0.2) is 0 Å². The van der Waals surface area contributed by atoms with E-state index in [1.807, 2.05) is 13.8 Å². The lowest BCUT2D eigenvalue weighted by Crippen LogP contribution is -2.56. The molecular formula is C40H64O6. The van der Waals surface area contributed by atoms with Gasteiger partial charge in [0.1, 0.15) is 0 Å². The van der Waals surface area contributed by atoms with Crippen molar-refractivity contribution in [1.29, 1.82) is 0 Å². The largest absolute Gasteiger partial charge is 0.478 e. The van der Waals surface area contributed by atoms with Crippen LogP contribution in [0.5, 0.6) is 0 Å². The SMILES string of the molecule is C/C(=C\C(=O)O)CC[C@]1(C)[C@@H](C)CC[C@]2(C)[C@H]1CC[C@H]1O[C@]12C.C/C(=C\C(=O)O)CC[C@]1(C)[C@@H](C)CC[C@]2(C)[C@H]1CC[C@H]1O[C@]12C. The monoisotopic (exact) mass is 640 g/mol. The van der Waals surface area contributed by atoms with E-state index in [-0.39, 0.29) is 32.9 Å². The summed E-state index contributed by atoms with van der Waals surface area (Å²) in [6.45, 7) is 23.2. The first-order valence-electron chi connectivity index (χ1n) is 18.4. The molecule has 2 aliphatic heterocycles. The van der Waals surface area contributed by atoms with Crippen LogP contribution in [0.1, 0.15) is 146 Å². The first-order valence-corrected chi connectivity index (χ1v) is 18.4. The molecular weight excluding hydrogens is 576 g/mol. The highest BCUT2D eigenvalue weighted by atomic mass is 16.6. The summed E-state index contributed by atoms with van der Waals surface area (Å²) in [6.07, 6.45) is 17.6. The van der Waals surface area contributed by atoms with Crippen LogP contribution < -0.4 is 0 Å². The van der Waals surface area contributed by atoms with Gasteiger partial charge in [0.25, 0.3) is 0 Å². The molecule has 0 spiro atoms. The molecule has 0 aromatic carbocycles. The van der Waals surface area contributed by atoms with Crippen molar-refractivity contribution in [2.24, 2.45) is 45.3 Å². The number of rotatable bonds is 8. The number of carboxylic acid groups (broad SMARTS) is 2. The lowest BCUT2D eigenvalue weighted by molar-refractivity contribution is -0.132. The van der Waals surface area contributed by atoms with E-state index in [4.69, 9.17) is 19.7 Å². The van der Waals surface area contributed by atoms with E-state index in [9.17, 15) is 9.59 Å². The summed E-state index contributed by atoms with van der Waals surface area (Å²) in [5.41, 5.74) is 3.26. The fraction of sp³-hybridized carbons (Fsp3) is 0.850. The first-order chi connectivity index (χ1) is 21.3. The molecule has 6 rings (SSSR count). The number of epoxide rings is 2. The number of carboxylic acids is 2. The summed E-state index contributed by atoms with van der Waals surface area (Å²) in [7, 11) is 0. The van der Waals surface area contributed by atoms with Crippen LogP contribution in [-0.4, -0.2) is 45.6 Å². The standard InChI is InChI=1S/2C20H32O3/c2*1-13(12-17(21)22)8-10-18(3)14(2)9-11-19(4)15(18)6-7-16-20(19,5)23-16/h2*12,14-16H,6-11H2,1-5H3,(H,21,22)/b2*13-12+/t2*14-,15-,16+,18+,19+,20+/m00/s1. The summed E-state index contributed by atoms with van der Waals surface area (Å²) in [5, 5.41) is 17.9. The zero-order valence-corrected chi connectivity index (χ0v) is 30.6. The maximum Gasteiger partial charge on any atom is 0.328 e. The zero-order valence-electron chi connectivity index (χ0n) is 30.6. The van der Waals surface area contributed by atoms with Gasteiger partial charge in [-0.1, -0.05) is 52.7 Å². The Hall–Kier alpha value is -1.66. The van der Waals surface area contributed by atoms with Crippen LogP contribution in [0.4, 0.5) is 0 Å². The van der Waals surface area contributed by atoms with Gasteiger partial charge in [-0.2, -0.15) is 0 Å². The summed E-state index contributed by atoms with van der Waals surface area (Å²) in [6, 6.07) is 0. The van der Waals surface area contributed by atoms with Crippen molar-refractivity contribution in [3.63, 3.8) is 0 Å². The van der Waals surface area contributed by atoms with E-state index in [1.165, 1.54) is 63.5 Å². The maximum absolute atomic E-state index is 10.9. The molecule has 6 fully saturated rings. The Labute approximate surface area is 279 Å². The second kappa shape index (κ2) is 12.0. The van der Waals surface area contributed by atoms with E-state index in [1.54, 1.807) is 0 Å². The molecule has 0 aromatic rings. The highest BCUT2D eigenvalue weighted by molar-refractivity contribution is 5.80. The van der Waals surface area contributed by atoms with Crippen molar-refractivity contribution in [2.75, 3.05) is 0 Å². The molecule has 12 atom stereocenters. The van der Waals surface area contributed by atoms with Gasteiger partial charge in [-0.3, -0.25) is 0 Å². The van der Waals surface area contributed by atoms with Gasteiger partial charge >= 0.3 is 11.9 Å². The molecule has 6 aliphatic rings. The minimum atomic E-state index is -0.825. The number of hydrogen-bond acceptors (Lipinski definition) is 4. The Morgan fingerprint density at radius 1 is 0.630 bits per heavy atom. The first kappa shape index (κ1) is 35.6. The normalized spacial score (nSPS) is 49.3. The smallest absolute Gasteiger partial charge is 0.328 e. The fourth-order valence-corrected chi connectivity index (χ4v) is 11.8. The summed E-state index contributed by atoms with van der Waals surface area (Å²) in [5.74, 6) is 1.09. The Morgan fingerprint density at radius 3 is 1.30 bits per heavy atom. The lowest BCUT2D eigenvalue weighted by Gasteiger charge is -2.59. The average Bonchev–Trinajstić information content (AvgIpc) is 3.86. The summed E-state index contributed by atoms with van der Waals surface area (Å²) < 4.78 is 12.3. The van der Waals surface area contributed by atoms with Crippen molar-refractivity contribution in [3.05, 3.63) is 23.3 Å². The molecule has 260 valence electrons. The average molecular weight is 641 g/mol. The highest BCUT2D eigenvalue weighted by Crippen LogP contribution is 2.71. The topological polar surface area (TPSA) is 99.7 Å². The Morgan fingerprint density at radius 2 is 0.978 bits per heavy atom. The van der Waals surface area contributed by atoms with Crippen LogP contribution in [0.15, 0.2) is 23.3 Å². The lowest BCUT2D eigenvalue weighted by atomic mass is 9.44. The fourth-order valence-electron chi connectivity index (χ4n) is 11.8. The van der Waals surface area contributed by atoms with Crippen LogP contribution >= 0.6 is 0 Å². The number of allylic oxidation sites excluding steroid dienone is 2. The molecule has 0 unspecified atom stereocenters. The molecule has 4 aliphatic carbocycles. The molecule has 0 bridgehead atoms. The molecule has 0 aromatic heterocycles. The van der Waals surface area contributed by atoms with E-state index in [2.05, 4.69) is 55.4 Å². The number of fused-ring (bicyclic) bond motifs is 6. The molecule has 4 saturated carbocycles. The Kier molecular flexibility index (Phi) is 9.33. The third-order valence-electron chi connectivity index (χ3n) is 16.0. The van der Waals surface area contributed by atoms with Crippen molar-refractivity contribution < 1.29 is 29.3 Å². The molecule has 2 heterocycles. The molecule has 0 radical (unpaired) electrons. The van der Waals surface area contributed by atoms with Crippen LogP contribution in [0.3, 0.4) is 0 Å². The Balaban J connectivity index is 0.000000181. The minimum Gasteiger partial charge on any atom is -0.478 e. The van der Waals surface area contributed by atoms with E-state index in [0.29, 0.717) is 35.9 Å². The van der Waals surface area contributed by atoms with E-state index < -0.39 is 11.9 Å². The van der Waals surface area contributed by atoms with Gasteiger partial charge < -0.3 is 19.7 Å². The molecule has 6 heteroatoms. The summed E-state index contributed by atoms with van der Waals surface area (Å²) >= 11 is 0. The van der Waals surface area contributed by atoms with Gasteiger partial charge in [-0.15, -0.1) is 0 Å². The number of ether oxygens (including phenoxy) is 2. The highest BCUT2D eigenvalue weighted by Gasteiger charge is 2.72. The van der Waals surface area contributed by atoms with Gasteiger partial charge in [-0.25, -0.2) is 9.59 Å². The molecule has 2 N–H and O–H groups in total. The van der Waals surface area contributed by atoms with Crippen molar-refractivity contribution >= 4 is 11.9 Å². The number of aliphatic carboxylic acids is 2. The van der Waals surface area contributed by atoms with Crippen LogP contribution in [-0.2, 0) is 19.1 Å². The predicted octanol–water partition coefficient (Wildman–Crippen LogP) is 9.62. The van der Waals surface area contributed by atoms with Crippen LogP contribution in [0.2, 0.25) is 0 Å². The minimum absolute atomic E-state index is 0.0866. The van der Waals surface area contributed by atoms with Crippen LogP contribution in [0, 0.1) is 45.3 Å². The van der Waals surface area contributed by atoms with Crippen molar-refractivity contribution in [2.45, 2.75) is 170 Å². The summed E-state index contributed by atoms with van der Waals surface area (Å²) in [4.78, 5) is 21.8. The molecule has 2 saturated heterocycles. The molecule has 0 amide bonds.